The monoisotopic (exact) mass is 264 g/mol. The molecule has 2 aliphatic rings. The van der Waals surface area contributed by atoms with Crippen LogP contribution >= 0.6 is 0 Å². The number of ether oxygens (including phenoxy) is 1. The number of esters is 1. The Morgan fingerprint density at radius 2 is 2.16 bits per heavy atom. The molecule has 0 aromatic carbocycles. The number of fused-ring (bicyclic) bond motifs is 1. The van der Waals surface area contributed by atoms with Gasteiger partial charge in [0, 0.05) is 24.8 Å². The molecule has 19 heavy (non-hydrogen) atoms. The first-order valence-electron chi connectivity index (χ1n) is 6.74. The fourth-order valence-electron chi connectivity index (χ4n) is 2.74. The molecular weight excluding hydrogens is 244 g/mol. The van der Waals surface area contributed by atoms with Crippen LogP contribution in [0.15, 0.2) is 23.3 Å². The van der Waals surface area contributed by atoms with Gasteiger partial charge in [-0.25, -0.2) is 4.79 Å². The molecule has 1 saturated carbocycles. The van der Waals surface area contributed by atoms with E-state index in [2.05, 4.69) is 6.08 Å². The zero-order valence-corrected chi connectivity index (χ0v) is 11.4. The van der Waals surface area contributed by atoms with Gasteiger partial charge in [0.15, 0.2) is 0 Å². The highest BCUT2D eigenvalue weighted by atomic mass is 16.5. The van der Waals surface area contributed by atoms with Gasteiger partial charge in [0.1, 0.15) is 6.10 Å². The number of carbonyl (C=O) groups excluding carboxylic acids is 1. The van der Waals surface area contributed by atoms with Crippen molar-refractivity contribution in [1.29, 1.82) is 0 Å². The molecular formula is C15H20O4. The Kier molecular flexibility index (Phi) is 4.08. The van der Waals surface area contributed by atoms with Crippen molar-refractivity contribution in [3.05, 3.63) is 23.3 Å². The summed E-state index contributed by atoms with van der Waals surface area (Å²) in [4.78, 5) is 22.3. The highest BCUT2D eigenvalue weighted by molar-refractivity contribution is 5.86. The largest absolute Gasteiger partial charge is 0.478 e. The number of carbonyl (C=O) groups is 2. The molecule has 0 aromatic heterocycles. The van der Waals surface area contributed by atoms with Gasteiger partial charge in [-0.05, 0) is 32.1 Å². The quantitative estimate of drug-likeness (QED) is 0.615. The lowest BCUT2D eigenvalue weighted by Crippen LogP contribution is -2.20. The number of hydrogen-bond donors (Lipinski definition) is 1. The molecule has 0 radical (unpaired) electrons. The highest BCUT2D eigenvalue weighted by Gasteiger charge is 2.43. The third kappa shape index (κ3) is 3.69. The zero-order chi connectivity index (χ0) is 14.0. The van der Waals surface area contributed by atoms with Crippen LogP contribution in [0.3, 0.4) is 0 Å². The van der Waals surface area contributed by atoms with Crippen molar-refractivity contribution in [2.24, 2.45) is 11.8 Å². The van der Waals surface area contributed by atoms with Crippen LogP contribution in [-0.2, 0) is 14.3 Å². The third-order valence-corrected chi connectivity index (χ3v) is 3.81. The molecule has 0 spiro atoms. The van der Waals surface area contributed by atoms with Crippen LogP contribution in [0.4, 0.5) is 0 Å². The minimum atomic E-state index is -0.832. The van der Waals surface area contributed by atoms with E-state index >= 15 is 0 Å². The molecule has 1 fully saturated rings. The first kappa shape index (κ1) is 13.8. The molecule has 0 amide bonds. The summed E-state index contributed by atoms with van der Waals surface area (Å²) in [5.74, 6) is -0.565. The number of hydrogen-bond acceptors (Lipinski definition) is 3. The van der Waals surface area contributed by atoms with Crippen molar-refractivity contribution in [1.82, 2.24) is 0 Å². The maximum Gasteiger partial charge on any atom is 0.331 e. The van der Waals surface area contributed by atoms with Crippen molar-refractivity contribution in [3.63, 3.8) is 0 Å². The molecule has 4 nitrogen and oxygen atoms in total. The van der Waals surface area contributed by atoms with Gasteiger partial charge in [-0.3, -0.25) is 4.79 Å². The third-order valence-electron chi connectivity index (χ3n) is 3.81. The van der Waals surface area contributed by atoms with Gasteiger partial charge in [-0.2, -0.15) is 0 Å². The predicted octanol–water partition coefficient (Wildman–Crippen LogP) is 2.70. The lowest BCUT2D eigenvalue weighted by molar-refractivity contribution is -0.147. The average Bonchev–Trinajstić information content (AvgIpc) is 3.05. The van der Waals surface area contributed by atoms with E-state index in [0.717, 1.165) is 19.3 Å². The molecule has 2 rings (SSSR count). The Hall–Kier alpha value is -1.58. The normalized spacial score (nSPS) is 30.5. The van der Waals surface area contributed by atoms with E-state index in [-0.39, 0.29) is 23.9 Å². The summed E-state index contributed by atoms with van der Waals surface area (Å²) in [7, 11) is 0. The second-order valence-electron chi connectivity index (χ2n) is 5.50. The zero-order valence-electron chi connectivity index (χ0n) is 11.4. The van der Waals surface area contributed by atoms with Gasteiger partial charge in [-0.1, -0.05) is 17.7 Å². The van der Waals surface area contributed by atoms with Crippen LogP contribution in [0.5, 0.6) is 0 Å². The van der Waals surface area contributed by atoms with E-state index in [1.807, 2.05) is 13.0 Å². The molecule has 0 bridgehead atoms. The van der Waals surface area contributed by atoms with Crippen molar-refractivity contribution in [3.8, 4) is 0 Å². The molecule has 0 heterocycles. The Labute approximate surface area is 113 Å². The second-order valence-corrected chi connectivity index (χ2v) is 5.50. The number of aliphatic carboxylic acids is 1. The molecule has 104 valence electrons. The van der Waals surface area contributed by atoms with Crippen molar-refractivity contribution in [2.75, 3.05) is 0 Å². The smallest absolute Gasteiger partial charge is 0.331 e. The van der Waals surface area contributed by atoms with Crippen LogP contribution in [0.25, 0.3) is 0 Å². The lowest BCUT2D eigenvalue weighted by atomic mass is 9.99. The fraction of sp³-hybridized carbons (Fsp3) is 0.600. The first-order chi connectivity index (χ1) is 8.97. The molecule has 0 aromatic rings. The molecule has 0 aliphatic heterocycles. The van der Waals surface area contributed by atoms with E-state index in [1.165, 1.54) is 12.5 Å². The molecule has 1 N–H and O–H groups in total. The number of allylic oxidation sites excluding steroid dienone is 2. The number of carboxylic acid groups (broad SMARTS) is 1. The van der Waals surface area contributed by atoms with Crippen LogP contribution in [0.1, 0.15) is 39.5 Å². The van der Waals surface area contributed by atoms with Gasteiger partial charge < -0.3 is 9.84 Å². The van der Waals surface area contributed by atoms with Crippen LogP contribution in [0.2, 0.25) is 0 Å². The Balaban J connectivity index is 2.17. The molecule has 0 saturated heterocycles. The minimum absolute atomic E-state index is 0.108. The van der Waals surface area contributed by atoms with Crippen molar-refractivity contribution < 1.29 is 19.4 Å². The number of rotatable bonds is 2. The van der Waals surface area contributed by atoms with E-state index < -0.39 is 5.97 Å². The summed E-state index contributed by atoms with van der Waals surface area (Å²) in [6.45, 7) is 3.44. The summed E-state index contributed by atoms with van der Waals surface area (Å²) < 4.78 is 5.39. The van der Waals surface area contributed by atoms with Gasteiger partial charge in [0.05, 0.1) is 0 Å². The van der Waals surface area contributed by atoms with Crippen molar-refractivity contribution in [2.45, 2.75) is 45.6 Å². The topological polar surface area (TPSA) is 63.6 Å². The Morgan fingerprint density at radius 3 is 2.79 bits per heavy atom. The van der Waals surface area contributed by atoms with E-state index in [1.54, 1.807) is 0 Å². The highest BCUT2D eigenvalue weighted by Crippen LogP contribution is 2.46. The summed E-state index contributed by atoms with van der Waals surface area (Å²) in [6.07, 6.45) is 6.79. The predicted molar refractivity (Wildman–Crippen MR) is 70.5 cm³/mol. The molecule has 3 atom stereocenters. The molecule has 4 heteroatoms. The summed E-state index contributed by atoms with van der Waals surface area (Å²) in [6, 6.07) is 0. The van der Waals surface area contributed by atoms with E-state index in [4.69, 9.17) is 9.84 Å². The first-order valence-corrected chi connectivity index (χ1v) is 6.74. The van der Waals surface area contributed by atoms with Gasteiger partial charge >= 0.3 is 11.9 Å². The summed E-state index contributed by atoms with van der Waals surface area (Å²) in [5.41, 5.74) is 1.66. The standard InChI is InChI=1S/C15H20O4/c1-9-4-3-5-11(15(17)18)7-12-8-13(12)14(6-9)19-10(2)16/h4,7,12-14H,3,5-6,8H2,1-2H3,(H,17,18). The van der Waals surface area contributed by atoms with Gasteiger partial charge in [-0.15, -0.1) is 0 Å². The molecule has 3 unspecified atom stereocenters. The maximum absolute atomic E-state index is 11.2. The van der Waals surface area contributed by atoms with Gasteiger partial charge in [0.2, 0.25) is 0 Å². The average molecular weight is 264 g/mol. The lowest BCUT2D eigenvalue weighted by Gasteiger charge is -2.18. The SMILES string of the molecule is CC(=O)OC1CC(C)=CCCC(C(=O)O)=CC2CC21. The van der Waals surface area contributed by atoms with Crippen LogP contribution in [0, 0.1) is 11.8 Å². The molecule has 2 aliphatic carbocycles. The summed E-state index contributed by atoms with van der Waals surface area (Å²) in [5, 5.41) is 9.16. The second kappa shape index (κ2) is 5.59. The number of carboxylic acids is 1. The fourth-order valence-corrected chi connectivity index (χ4v) is 2.74. The van der Waals surface area contributed by atoms with Crippen LogP contribution in [-0.4, -0.2) is 23.1 Å². The van der Waals surface area contributed by atoms with Crippen molar-refractivity contribution >= 4 is 11.9 Å². The Bertz CT molecular complexity index is 447. The van der Waals surface area contributed by atoms with Crippen LogP contribution < -0.4 is 0 Å². The van der Waals surface area contributed by atoms with E-state index in [9.17, 15) is 9.59 Å². The Morgan fingerprint density at radius 1 is 1.42 bits per heavy atom. The summed E-state index contributed by atoms with van der Waals surface area (Å²) >= 11 is 0. The maximum atomic E-state index is 11.2. The minimum Gasteiger partial charge on any atom is -0.478 e. The van der Waals surface area contributed by atoms with E-state index in [0.29, 0.717) is 12.0 Å². The van der Waals surface area contributed by atoms with Gasteiger partial charge in [0.25, 0.3) is 0 Å².